The molecule has 1 aromatic carbocycles. The minimum absolute atomic E-state index is 0.0198. The number of fused-ring (bicyclic) bond motifs is 3. The average Bonchev–Trinajstić information content (AvgIpc) is 3.33. The van der Waals surface area contributed by atoms with Crippen molar-refractivity contribution in [2.45, 2.75) is 24.9 Å². The number of amides is 2. The molecule has 0 saturated carbocycles. The Labute approximate surface area is 196 Å². The van der Waals surface area contributed by atoms with E-state index >= 15 is 0 Å². The third kappa shape index (κ3) is 3.06. The van der Waals surface area contributed by atoms with Crippen molar-refractivity contribution >= 4 is 29.1 Å². The standard InChI is InChI=1S/C23H19N3O9/c24-21(32)17-13(28)7-9-5-8-6-10-11(26-22(33)14-3-4-25-35-14)1-2-12(27)16(10)18(29)15(8)19(30)23(9,34)20(17)31/h1-4,8-9,27-28,30,34H,5-7H2,(H2,24,32)(H,26,33)/t8-,9+,23+/m1/s1. The van der Waals surface area contributed by atoms with Crippen molar-refractivity contribution in [2.75, 3.05) is 5.32 Å². The zero-order valence-corrected chi connectivity index (χ0v) is 17.9. The number of aliphatic hydroxyl groups excluding tert-OH is 2. The first kappa shape index (κ1) is 22.3. The number of phenols is 1. The number of Topliss-reactive ketones (excluding diaryl/α,β-unsaturated/α-hetero) is 2. The van der Waals surface area contributed by atoms with Gasteiger partial charge in [0.1, 0.15) is 22.8 Å². The summed E-state index contributed by atoms with van der Waals surface area (Å²) in [6.07, 6.45) is 0.986. The first-order chi connectivity index (χ1) is 16.6. The van der Waals surface area contributed by atoms with Gasteiger partial charge < -0.3 is 36.0 Å². The van der Waals surface area contributed by atoms with Gasteiger partial charge in [0.2, 0.25) is 11.5 Å². The molecule has 35 heavy (non-hydrogen) atoms. The minimum Gasteiger partial charge on any atom is -0.511 e. The van der Waals surface area contributed by atoms with Gasteiger partial charge in [-0.25, -0.2) is 0 Å². The number of phenolic OH excluding ortho intramolecular Hbond substituents is 1. The molecule has 7 N–H and O–H groups in total. The molecule has 12 nitrogen and oxygen atoms in total. The lowest BCUT2D eigenvalue weighted by Crippen LogP contribution is -2.57. The molecular weight excluding hydrogens is 462 g/mol. The molecule has 3 aliphatic carbocycles. The van der Waals surface area contributed by atoms with E-state index in [0.717, 1.165) is 0 Å². The molecular formula is C23H19N3O9. The Hall–Kier alpha value is -4.45. The number of nitrogens with zero attached hydrogens (tertiary/aromatic N) is 1. The molecule has 0 unspecified atom stereocenters. The number of aromatic hydroxyl groups is 1. The molecule has 1 aromatic heterocycles. The number of rotatable bonds is 3. The highest BCUT2D eigenvalue weighted by Gasteiger charge is 2.59. The van der Waals surface area contributed by atoms with Crippen LogP contribution in [-0.4, -0.2) is 54.6 Å². The van der Waals surface area contributed by atoms with E-state index < -0.39 is 63.7 Å². The largest absolute Gasteiger partial charge is 0.511 e. The van der Waals surface area contributed by atoms with E-state index in [1.807, 2.05) is 0 Å². The zero-order chi connectivity index (χ0) is 25.2. The van der Waals surface area contributed by atoms with E-state index in [9.17, 15) is 39.6 Å². The first-order valence-electron chi connectivity index (χ1n) is 10.6. The van der Waals surface area contributed by atoms with Crippen molar-refractivity contribution in [1.82, 2.24) is 5.16 Å². The van der Waals surface area contributed by atoms with Crippen molar-refractivity contribution in [3.05, 3.63) is 63.9 Å². The number of aromatic nitrogens is 1. The third-order valence-electron chi connectivity index (χ3n) is 6.86. The lowest BCUT2D eigenvalue weighted by atomic mass is 9.60. The van der Waals surface area contributed by atoms with Crippen LogP contribution in [0.15, 0.2) is 51.6 Å². The van der Waals surface area contributed by atoms with Crippen LogP contribution in [0.4, 0.5) is 5.69 Å². The van der Waals surface area contributed by atoms with E-state index in [4.69, 9.17) is 10.3 Å². The number of primary amides is 1. The maximum atomic E-state index is 13.5. The normalized spacial score (nSPS) is 25.6. The highest BCUT2D eigenvalue weighted by molar-refractivity contribution is 6.24. The van der Waals surface area contributed by atoms with E-state index in [-0.39, 0.29) is 47.4 Å². The fourth-order valence-corrected chi connectivity index (χ4v) is 5.25. The van der Waals surface area contributed by atoms with Crippen LogP contribution in [0.2, 0.25) is 0 Å². The lowest BCUT2D eigenvalue weighted by Gasteiger charge is -2.45. The van der Waals surface area contributed by atoms with Gasteiger partial charge in [-0.3, -0.25) is 19.2 Å². The van der Waals surface area contributed by atoms with Crippen LogP contribution in [0, 0.1) is 11.8 Å². The number of benzene rings is 1. The summed E-state index contributed by atoms with van der Waals surface area (Å²) in [6, 6.07) is 3.93. The first-order valence-corrected chi connectivity index (χ1v) is 10.6. The number of hydrogen-bond donors (Lipinski definition) is 6. The van der Waals surface area contributed by atoms with Gasteiger partial charge >= 0.3 is 0 Å². The Morgan fingerprint density at radius 1 is 1.14 bits per heavy atom. The van der Waals surface area contributed by atoms with Gasteiger partial charge in [0.05, 0.1) is 11.8 Å². The maximum Gasteiger partial charge on any atom is 0.294 e. The summed E-state index contributed by atoms with van der Waals surface area (Å²) in [5, 5.41) is 49.0. The van der Waals surface area contributed by atoms with E-state index in [0.29, 0.717) is 0 Å². The summed E-state index contributed by atoms with van der Waals surface area (Å²) >= 11 is 0. The number of aliphatic hydroxyl groups is 3. The number of ketones is 2. The fraction of sp³-hybridized carbons (Fsp3) is 0.261. The highest BCUT2D eigenvalue weighted by atomic mass is 16.5. The molecule has 3 atom stereocenters. The van der Waals surface area contributed by atoms with Gasteiger partial charge in [0.25, 0.3) is 11.8 Å². The number of nitrogens with two attached hydrogens (primary N) is 1. The number of allylic oxidation sites excluding steroid dienone is 2. The molecule has 12 heteroatoms. The van der Waals surface area contributed by atoms with E-state index in [2.05, 4.69) is 10.5 Å². The van der Waals surface area contributed by atoms with Gasteiger partial charge in [-0.05, 0) is 36.5 Å². The van der Waals surface area contributed by atoms with Crippen LogP contribution < -0.4 is 11.1 Å². The van der Waals surface area contributed by atoms with Gasteiger partial charge in [-0.15, -0.1) is 0 Å². The van der Waals surface area contributed by atoms with Gasteiger partial charge in [0, 0.05) is 29.7 Å². The predicted molar refractivity (Wildman–Crippen MR) is 115 cm³/mol. The van der Waals surface area contributed by atoms with Gasteiger partial charge in [-0.1, -0.05) is 5.16 Å². The maximum absolute atomic E-state index is 13.5. The van der Waals surface area contributed by atoms with Crippen LogP contribution in [-0.2, 0) is 16.0 Å². The summed E-state index contributed by atoms with van der Waals surface area (Å²) in [5.41, 5.74) is 1.71. The molecule has 0 saturated heterocycles. The number of carbonyl (C=O) groups excluding carboxylic acids is 4. The van der Waals surface area contributed by atoms with Crippen LogP contribution in [0.3, 0.4) is 0 Å². The van der Waals surface area contributed by atoms with Gasteiger partial charge in [0.15, 0.2) is 11.4 Å². The number of hydrogen-bond acceptors (Lipinski definition) is 10. The molecule has 180 valence electrons. The van der Waals surface area contributed by atoms with Crippen molar-refractivity contribution in [1.29, 1.82) is 0 Å². The molecule has 3 aliphatic rings. The lowest BCUT2D eigenvalue weighted by molar-refractivity contribution is -0.144. The summed E-state index contributed by atoms with van der Waals surface area (Å²) < 4.78 is 4.83. The number of carbonyl (C=O) groups is 4. The van der Waals surface area contributed by atoms with Crippen LogP contribution in [0.1, 0.15) is 39.3 Å². The van der Waals surface area contributed by atoms with Crippen molar-refractivity contribution < 1.29 is 44.1 Å². The van der Waals surface area contributed by atoms with Crippen molar-refractivity contribution in [3.8, 4) is 5.75 Å². The Morgan fingerprint density at radius 2 is 1.89 bits per heavy atom. The monoisotopic (exact) mass is 481 g/mol. The molecule has 0 bridgehead atoms. The molecule has 2 amide bonds. The zero-order valence-electron chi connectivity index (χ0n) is 17.9. The SMILES string of the molecule is NC(=O)C1=C(O)C[C@@H]2C[C@@H]3Cc4c(NC(=O)c5ccno5)ccc(O)c4C(=O)C3=C(O)[C@]2(O)C1=O. The smallest absolute Gasteiger partial charge is 0.294 e. The summed E-state index contributed by atoms with van der Waals surface area (Å²) in [7, 11) is 0. The molecule has 5 rings (SSSR count). The Balaban J connectivity index is 1.60. The summed E-state index contributed by atoms with van der Waals surface area (Å²) in [5.74, 6) is -7.89. The summed E-state index contributed by atoms with van der Waals surface area (Å²) in [4.78, 5) is 50.6. The average molecular weight is 481 g/mol. The molecule has 0 spiro atoms. The Bertz CT molecular complexity index is 1390. The number of nitrogens with one attached hydrogen (secondary N) is 1. The third-order valence-corrected chi connectivity index (χ3v) is 6.86. The van der Waals surface area contributed by atoms with E-state index in [1.165, 1.54) is 24.4 Å². The number of anilines is 1. The Morgan fingerprint density at radius 3 is 2.54 bits per heavy atom. The molecule has 0 radical (unpaired) electrons. The highest BCUT2D eigenvalue weighted by Crippen LogP contribution is 2.52. The van der Waals surface area contributed by atoms with Crippen molar-refractivity contribution in [3.63, 3.8) is 0 Å². The van der Waals surface area contributed by atoms with Crippen molar-refractivity contribution in [2.24, 2.45) is 17.6 Å². The fourth-order valence-electron chi connectivity index (χ4n) is 5.25. The molecule has 1 heterocycles. The van der Waals surface area contributed by atoms with Crippen LogP contribution in [0.5, 0.6) is 5.75 Å². The van der Waals surface area contributed by atoms with Crippen LogP contribution >= 0.6 is 0 Å². The molecule has 0 fully saturated rings. The minimum atomic E-state index is -2.64. The summed E-state index contributed by atoms with van der Waals surface area (Å²) in [6.45, 7) is 0. The quantitative estimate of drug-likeness (QED) is 0.268. The molecule has 2 aromatic rings. The topological polar surface area (TPSA) is 213 Å². The second kappa shape index (κ2) is 7.53. The Kier molecular flexibility index (Phi) is 4.81. The van der Waals surface area contributed by atoms with Crippen LogP contribution in [0.25, 0.3) is 0 Å². The molecule has 0 aliphatic heterocycles. The van der Waals surface area contributed by atoms with Gasteiger partial charge in [-0.2, -0.15) is 0 Å². The second-order valence-corrected chi connectivity index (χ2v) is 8.73. The van der Waals surface area contributed by atoms with E-state index in [1.54, 1.807) is 0 Å². The second-order valence-electron chi connectivity index (χ2n) is 8.73. The predicted octanol–water partition coefficient (Wildman–Crippen LogP) is 0.821.